The van der Waals surface area contributed by atoms with Gasteiger partial charge in [-0.1, -0.05) is 44.4 Å². The number of aliphatic hydroxyl groups is 1. The molecule has 1 N–H and O–H groups in total. The summed E-state index contributed by atoms with van der Waals surface area (Å²) in [5.74, 6) is 0.676. The molecule has 1 heteroatoms. The van der Waals surface area contributed by atoms with Crippen LogP contribution in [0.4, 0.5) is 0 Å². The van der Waals surface area contributed by atoms with E-state index in [1.54, 1.807) is 11.1 Å². The van der Waals surface area contributed by atoms with Crippen LogP contribution in [0.3, 0.4) is 0 Å². The van der Waals surface area contributed by atoms with Crippen LogP contribution >= 0.6 is 0 Å². The molecule has 0 aliphatic heterocycles. The number of allylic oxidation sites excluding steroid dienone is 3. The first kappa shape index (κ1) is 15.3. The molecular formula is C20H32O. The summed E-state index contributed by atoms with van der Waals surface area (Å²) in [6.45, 7) is 11.6. The van der Waals surface area contributed by atoms with Crippen molar-refractivity contribution in [3.8, 4) is 0 Å². The van der Waals surface area contributed by atoms with Crippen molar-refractivity contribution < 1.29 is 5.11 Å². The van der Waals surface area contributed by atoms with Crippen molar-refractivity contribution >= 4 is 0 Å². The number of hydrogen-bond donors (Lipinski definition) is 1. The van der Waals surface area contributed by atoms with Crippen LogP contribution in [-0.4, -0.2) is 11.7 Å². The Balaban J connectivity index is 1.98. The van der Waals surface area contributed by atoms with Crippen molar-refractivity contribution in [2.24, 2.45) is 22.2 Å². The quantitative estimate of drug-likeness (QED) is 0.687. The van der Waals surface area contributed by atoms with E-state index in [0.29, 0.717) is 23.4 Å². The lowest BCUT2D eigenvalue weighted by Crippen LogP contribution is -2.49. The van der Waals surface area contributed by atoms with E-state index in [9.17, 15) is 5.11 Å². The van der Waals surface area contributed by atoms with Gasteiger partial charge in [-0.15, -0.1) is 6.58 Å². The second kappa shape index (κ2) is 4.98. The predicted octanol–water partition coefficient (Wildman–Crippen LogP) is 5.26. The molecule has 0 radical (unpaired) electrons. The fraction of sp³-hybridized carbons (Fsp3) is 0.800. The molecule has 3 aliphatic rings. The normalized spacial score (nSPS) is 46.8. The van der Waals surface area contributed by atoms with Gasteiger partial charge in [0.2, 0.25) is 0 Å². The van der Waals surface area contributed by atoms with Crippen molar-refractivity contribution in [2.45, 2.75) is 72.1 Å². The number of aliphatic hydroxyl groups excluding tert-OH is 1. The highest BCUT2D eigenvalue weighted by Crippen LogP contribution is 2.62. The van der Waals surface area contributed by atoms with Gasteiger partial charge in [0, 0.05) is 6.61 Å². The van der Waals surface area contributed by atoms with Crippen LogP contribution in [0.5, 0.6) is 0 Å². The van der Waals surface area contributed by atoms with Crippen LogP contribution in [-0.2, 0) is 0 Å². The Hall–Kier alpha value is -0.560. The molecule has 0 aromatic carbocycles. The monoisotopic (exact) mass is 288 g/mol. The Kier molecular flexibility index (Phi) is 3.64. The van der Waals surface area contributed by atoms with E-state index in [4.69, 9.17) is 0 Å². The lowest BCUT2D eigenvalue weighted by Gasteiger charge is -2.57. The minimum Gasteiger partial charge on any atom is -0.396 e. The Morgan fingerprint density at radius 1 is 1.19 bits per heavy atom. The lowest BCUT2D eigenvalue weighted by atomic mass is 9.47. The Bertz CT molecular complexity index is 476. The highest BCUT2D eigenvalue weighted by Gasteiger charge is 2.53. The molecule has 0 saturated heterocycles. The Morgan fingerprint density at radius 3 is 2.62 bits per heavy atom. The van der Waals surface area contributed by atoms with E-state index in [1.165, 1.54) is 51.4 Å². The summed E-state index contributed by atoms with van der Waals surface area (Å²) < 4.78 is 0. The molecular weight excluding hydrogens is 256 g/mol. The highest BCUT2D eigenvalue weighted by atomic mass is 16.3. The zero-order chi connectivity index (χ0) is 15.3. The van der Waals surface area contributed by atoms with Gasteiger partial charge in [0.05, 0.1) is 0 Å². The molecule has 0 heterocycles. The van der Waals surface area contributed by atoms with Crippen LogP contribution in [0.15, 0.2) is 23.8 Å². The largest absolute Gasteiger partial charge is 0.396 e. The van der Waals surface area contributed by atoms with Crippen molar-refractivity contribution in [3.05, 3.63) is 23.8 Å². The van der Waals surface area contributed by atoms with Crippen molar-refractivity contribution in [2.75, 3.05) is 6.61 Å². The smallest absolute Gasteiger partial charge is 0.0487 e. The predicted molar refractivity (Wildman–Crippen MR) is 89.1 cm³/mol. The number of fused-ring (bicyclic) bond motifs is 2. The fourth-order valence-electron chi connectivity index (χ4n) is 5.89. The fourth-order valence-corrected chi connectivity index (χ4v) is 5.89. The number of hydrogen-bond acceptors (Lipinski definition) is 1. The summed E-state index contributed by atoms with van der Waals surface area (Å²) in [7, 11) is 0. The van der Waals surface area contributed by atoms with Crippen molar-refractivity contribution in [3.63, 3.8) is 0 Å². The minimum absolute atomic E-state index is 0.144. The summed E-state index contributed by atoms with van der Waals surface area (Å²) in [5, 5.41) is 9.99. The van der Waals surface area contributed by atoms with E-state index in [2.05, 4.69) is 33.4 Å². The molecule has 118 valence electrons. The molecule has 3 rings (SSSR count). The van der Waals surface area contributed by atoms with E-state index in [0.717, 1.165) is 0 Å². The van der Waals surface area contributed by atoms with E-state index < -0.39 is 0 Å². The van der Waals surface area contributed by atoms with Gasteiger partial charge in [-0.05, 0) is 67.1 Å². The zero-order valence-electron chi connectivity index (χ0n) is 14.2. The van der Waals surface area contributed by atoms with Gasteiger partial charge in [-0.3, -0.25) is 0 Å². The van der Waals surface area contributed by atoms with Gasteiger partial charge in [0.25, 0.3) is 0 Å². The summed E-state index contributed by atoms with van der Waals surface area (Å²) in [4.78, 5) is 0. The van der Waals surface area contributed by atoms with Crippen LogP contribution in [0.2, 0.25) is 0 Å². The first-order valence-corrected chi connectivity index (χ1v) is 8.83. The average Bonchev–Trinajstić information content (AvgIpc) is 2.46. The van der Waals surface area contributed by atoms with Crippen molar-refractivity contribution in [1.29, 1.82) is 0 Å². The summed E-state index contributed by atoms with van der Waals surface area (Å²) in [6, 6.07) is 0. The molecule has 2 unspecified atom stereocenters. The SMILES string of the molecule is C=C[C@]1(C)CCC2=C(CCC3C2(C)CCC[C@]3(C)CO)C1. The van der Waals surface area contributed by atoms with Crippen molar-refractivity contribution in [1.82, 2.24) is 0 Å². The third-order valence-corrected chi connectivity index (χ3v) is 7.32. The minimum atomic E-state index is 0.144. The van der Waals surface area contributed by atoms with Gasteiger partial charge in [0.1, 0.15) is 0 Å². The number of rotatable bonds is 2. The van der Waals surface area contributed by atoms with E-state index in [1.807, 2.05) is 0 Å². The van der Waals surface area contributed by atoms with Crippen LogP contribution in [0, 0.1) is 22.2 Å². The molecule has 0 bridgehead atoms. The van der Waals surface area contributed by atoms with E-state index >= 15 is 0 Å². The maximum atomic E-state index is 9.99. The van der Waals surface area contributed by atoms with Gasteiger partial charge in [-0.2, -0.15) is 0 Å². The summed E-state index contributed by atoms with van der Waals surface area (Å²) in [5.41, 5.74) is 4.33. The Morgan fingerprint density at radius 2 is 1.95 bits per heavy atom. The summed E-state index contributed by atoms with van der Waals surface area (Å²) in [6.07, 6.45) is 12.3. The average molecular weight is 288 g/mol. The maximum absolute atomic E-state index is 9.99. The first-order chi connectivity index (χ1) is 9.87. The van der Waals surface area contributed by atoms with Gasteiger partial charge in [0.15, 0.2) is 0 Å². The third kappa shape index (κ3) is 2.23. The van der Waals surface area contributed by atoms with Gasteiger partial charge >= 0.3 is 0 Å². The van der Waals surface area contributed by atoms with Crippen LogP contribution in [0.1, 0.15) is 72.1 Å². The summed E-state index contributed by atoms with van der Waals surface area (Å²) >= 11 is 0. The molecule has 4 atom stereocenters. The highest BCUT2D eigenvalue weighted by molar-refractivity contribution is 5.32. The van der Waals surface area contributed by atoms with Gasteiger partial charge < -0.3 is 5.11 Å². The zero-order valence-corrected chi connectivity index (χ0v) is 14.2. The van der Waals surface area contributed by atoms with Crippen LogP contribution < -0.4 is 0 Å². The molecule has 1 saturated carbocycles. The standard InChI is InChI=1S/C20H32O/c1-5-18(2)12-9-16-15(13-18)7-8-17-19(3,14-21)10-6-11-20(16,17)4/h5,17,21H,1,6-14H2,2-4H3/t17?,18-,19-,20?/m1/s1. The molecule has 1 fully saturated rings. The second-order valence-electron chi connectivity index (χ2n) is 8.79. The third-order valence-electron chi connectivity index (χ3n) is 7.32. The molecule has 3 aliphatic carbocycles. The maximum Gasteiger partial charge on any atom is 0.0487 e. The molecule has 0 amide bonds. The van der Waals surface area contributed by atoms with Gasteiger partial charge in [-0.25, -0.2) is 0 Å². The Labute approximate surface area is 130 Å². The molecule has 1 nitrogen and oxygen atoms in total. The molecule has 0 spiro atoms. The molecule has 0 aromatic heterocycles. The van der Waals surface area contributed by atoms with E-state index in [-0.39, 0.29) is 5.41 Å². The lowest BCUT2D eigenvalue weighted by molar-refractivity contribution is -0.0415. The second-order valence-corrected chi connectivity index (χ2v) is 8.79. The topological polar surface area (TPSA) is 20.2 Å². The molecule has 0 aromatic rings. The van der Waals surface area contributed by atoms with Crippen LogP contribution in [0.25, 0.3) is 0 Å². The first-order valence-electron chi connectivity index (χ1n) is 8.83. The molecule has 21 heavy (non-hydrogen) atoms.